The molecule has 0 radical (unpaired) electrons. The molecular weight excluding hydrogens is 242 g/mol. The lowest BCUT2D eigenvalue weighted by atomic mass is 10.2. The average Bonchev–Trinajstić information content (AvgIpc) is 2.12. The second-order valence-electron chi connectivity index (χ2n) is 2.42. The van der Waals surface area contributed by atoms with Crippen LogP contribution >= 0.6 is 15.9 Å². The summed E-state index contributed by atoms with van der Waals surface area (Å²) in [6, 6.07) is 2.64. The van der Waals surface area contributed by atoms with Crippen molar-refractivity contribution in [3.8, 4) is 0 Å². The van der Waals surface area contributed by atoms with Crippen LogP contribution in [0.5, 0.6) is 0 Å². The highest BCUT2D eigenvalue weighted by atomic mass is 79.9. The summed E-state index contributed by atoms with van der Waals surface area (Å²) >= 11 is 3.10. The van der Waals surface area contributed by atoms with E-state index in [0.29, 0.717) is 4.47 Å². The van der Waals surface area contributed by atoms with Gasteiger partial charge in [0.15, 0.2) is 0 Å². The lowest BCUT2D eigenvalue weighted by Gasteiger charge is -2.00. The number of benzene rings is 1. The van der Waals surface area contributed by atoms with Gasteiger partial charge in [0.1, 0.15) is 17.7 Å². The summed E-state index contributed by atoms with van der Waals surface area (Å²) < 4.78 is 26.6. The van der Waals surface area contributed by atoms with E-state index in [0.717, 1.165) is 6.33 Å². The Hall–Kier alpha value is -1.10. The van der Waals surface area contributed by atoms with Crippen LogP contribution in [-0.2, 0) is 0 Å². The number of hydrogen-bond donors (Lipinski definition) is 0. The minimum absolute atomic E-state index is 0.0122. The molecule has 1 aromatic heterocycles. The van der Waals surface area contributed by atoms with Crippen molar-refractivity contribution in [2.24, 2.45) is 0 Å². The molecule has 0 saturated heterocycles. The summed E-state index contributed by atoms with van der Waals surface area (Å²) in [5.74, 6) is -1.28. The van der Waals surface area contributed by atoms with Crippen LogP contribution in [0.15, 0.2) is 22.9 Å². The molecule has 2 rings (SSSR count). The largest absolute Gasteiger partial charge is 0.233 e. The Kier molecular flexibility index (Phi) is 1.95. The third kappa shape index (κ3) is 1.29. The molecule has 0 spiro atoms. The van der Waals surface area contributed by atoms with Gasteiger partial charge in [-0.1, -0.05) is 0 Å². The standard InChI is InChI=1S/C8H3BrF2N2/c9-4-1-2-5(10)7-6(4)8(11)13-3-12-7/h1-3H. The lowest BCUT2D eigenvalue weighted by molar-refractivity contribution is 0.588. The van der Waals surface area contributed by atoms with Crippen molar-refractivity contribution in [1.29, 1.82) is 0 Å². The number of halogens is 3. The zero-order valence-electron chi connectivity index (χ0n) is 6.26. The second kappa shape index (κ2) is 2.99. The van der Waals surface area contributed by atoms with E-state index in [4.69, 9.17) is 0 Å². The van der Waals surface area contributed by atoms with E-state index in [1.54, 1.807) is 0 Å². The van der Waals surface area contributed by atoms with Gasteiger partial charge in [0.2, 0.25) is 5.95 Å². The van der Waals surface area contributed by atoms with Crippen molar-refractivity contribution in [2.75, 3.05) is 0 Å². The summed E-state index contributed by atoms with van der Waals surface area (Å²) in [4.78, 5) is 6.98. The van der Waals surface area contributed by atoms with E-state index < -0.39 is 11.8 Å². The average molecular weight is 245 g/mol. The Bertz CT molecular complexity index is 465. The highest BCUT2D eigenvalue weighted by Gasteiger charge is 2.10. The molecule has 0 bridgehead atoms. The number of fused-ring (bicyclic) bond motifs is 1. The smallest absolute Gasteiger partial charge is 0.225 e. The Labute approximate surface area is 80.8 Å². The van der Waals surface area contributed by atoms with Crippen LogP contribution in [-0.4, -0.2) is 9.97 Å². The van der Waals surface area contributed by atoms with Crippen molar-refractivity contribution in [3.05, 3.63) is 34.7 Å². The molecule has 66 valence electrons. The van der Waals surface area contributed by atoms with E-state index in [1.165, 1.54) is 12.1 Å². The van der Waals surface area contributed by atoms with E-state index in [-0.39, 0.29) is 10.9 Å². The first kappa shape index (κ1) is 8.50. The zero-order chi connectivity index (χ0) is 9.42. The van der Waals surface area contributed by atoms with Gasteiger partial charge in [-0.15, -0.1) is 0 Å². The van der Waals surface area contributed by atoms with Gasteiger partial charge in [-0.05, 0) is 28.1 Å². The summed E-state index contributed by atoms with van der Waals surface area (Å²) in [5.41, 5.74) is -0.0122. The molecule has 0 amide bonds. The van der Waals surface area contributed by atoms with E-state index in [9.17, 15) is 8.78 Å². The molecule has 0 aliphatic heterocycles. The van der Waals surface area contributed by atoms with Crippen LogP contribution in [0.4, 0.5) is 8.78 Å². The minimum atomic E-state index is -0.726. The summed E-state index contributed by atoms with van der Waals surface area (Å²) in [7, 11) is 0. The number of rotatable bonds is 0. The maximum absolute atomic E-state index is 13.1. The van der Waals surface area contributed by atoms with Gasteiger partial charge >= 0.3 is 0 Å². The van der Waals surface area contributed by atoms with Gasteiger partial charge in [0.05, 0.1) is 5.39 Å². The fourth-order valence-electron chi connectivity index (χ4n) is 1.07. The van der Waals surface area contributed by atoms with Crippen LogP contribution in [0.3, 0.4) is 0 Å². The minimum Gasteiger partial charge on any atom is -0.233 e. The number of hydrogen-bond acceptors (Lipinski definition) is 2. The summed E-state index contributed by atoms with van der Waals surface area (Å²) in [5, 5.41) is 0.0718. The van der Waals surface area contributed by atoms with E-state index in [1.807, 2.05) is 0 Å². The van der Waals surface area contributed by atoms with Gasteiger partial charge in [0.25, 0.3) is 0 Å². The van der Waals surface area contributed by atoms with Crippen molar-refractivity contribution in [1.82, 2.24) is 9.97 Å². The molecule has 13 heavy (non-hydrogen) atoms. The monoisotopic (exact) mass is 244 g/mol. The van der Waals surface area contributed by atoms with Gasteiger partial charge in [0, 0.05) is 4.47 Å². The molecule has 2 nitrogen and oxygen atoms in total. The second-order valence-corrected chi connectivity index (χ2v) is 3.27. The fraction of sp³-hybridized carbons (Fsp3) is 0. The van der Waals surface area contributed by atoms with Gasteiger partial charge in [-0.3, -0.25) is 0 Å². The zero-order valence-corrected chi connectivity index (χ0v) is 7.85. The molecule has 5 heteroatoms. The van der Waals surface area contributed by atoms with Gasteiger partial charge in [-0.25, -0.2) is 14.4 Å². The molecule has 1 heterocycles. The molecule has 0 saturated carbocycles. The summed E-state index contributed by atoms with van der Waals surface area (Å²) in [6.45, 7) is 0. The Morgan fingerprint density at radius 1 is 1.15 bits per heavy atom. The SMILES string of the molecule is Fc1ccc(Br)c2c(F)ncnc12. The molecular formula is C8H3BrF2N2. The molecule has 0 fully saturated rings. The number of nitrogens with zero attached hydrogens (tertiary/aromatic N) is 2. The summed E-state index contributed by atoms with van der Waals surface area (Å²) in [6.07, 6.45) is 0.993. The predicted octanol–water partition coefficient (Wildman–Crippen LogP) is 2.67. The molecule has 0 aliphatic rings. The highest BCUT2D eigenvalue weighted by Crippen LogP contribution is 2.25. The van der Waals surface area contributed by atoms with Crippen molar-refractivity contribution >= 4 is 26.8 Å². The van der Waals surface area contributed by atoms with Crippen LogP contribution in [0.1, 0.15) is 0 Å². The Morgan fingerprint density at radius 2 is 1.92 bits per heavy atom. The van der Waals surface area contributed by atoms with Crippen molar-refractivity contribution in [3.63, 3.8) is 0 Å². The Balaban J connectivity index is 3.00. The molecule has 0 N–H and O–H groups in total. The van der Waals surface area contributed by atoms with Gasteiger partial charge in [-0.2, -0.15) is 4.39 Å². The topological polar surface area (TPSA) is 25.8 Å². The molecule has 0 unspecified atom stereocenters. The first-order chi connectivity index (χ1) is 6.20. The quantitative estimate of drug-likeness (QED) is 0.667. The van der Waals surface area contributed by atoms with Crippen molar-refractivity contribution < 1.29 is 8.78 Å². The van der Waals surface area contributed by atoms with Crippen LogP contribution in [0.2, 0.25) is 0 Å². The first-order valence-corrected chi connectivity index (χ1v) is 4.23. The highest BCUT2D eigenvalue weighted by molar-refractivity contribution is 9.10. The molecule has 0 aliphatic carbocycles. The normalized spacial score (nSPS) is 10.7. The molecule has 0 atom stereocenters. The molecule has 1 aromatic carbocycles. The third-order valence-electron chi connectivity index (χ3n) is 1.64. The van der Waals surface area contributed by atoms with E-state index >= 15 is 0 Å². The fourth-order valence-corrected chi connectivity index (χ4v) is 1.55. The maximum atomic E-state index is 13.1. The number of aromatic nitrogens is 2. The molecule has 2 aromatic rings. The van der Waals surface area contributed by atoms with Crippen molar-refractivity contribution in [2.45, 2.75) is 0 Å². The van der Waals surface area contributed by atoms with Crippen LogP contribution in [0, 0.1) is 11.8 Å². The Morgan fingerprint density at radius 3 is 2.62 bits per heavy atom. The van der Waals surface area contributed by atoms with Crippen LogP contribution < -0.4 is 0 Å². The third-order valence-corrected chi connectivity index (χ3v) is 2.30. The maximum Gasteiger partial charge on any atom is 0.225 e. The van der Waals surface area contributed by atoms with Crippen LogP contribution in [0.25, 0.3) is 10.9 Å². The van der Waals surface area contributed by atoms with Gasteiger partial charge < -0.3 is 0 Å². The lowest BCUT2D eigenvalue weighted by Crippen LogP contribution is -1.91. The first-order valence-electron chi connectivity index (χ1n) is 3.44. The van der Waals surface area contributed by atoms with E-state index in [2.05, 4.69) is 25.9 Å². The predicted molar refractivity (Wildman–Crippen MR) is 47.2 cm³/mol.